The van der Waals surface area contributed by atoms with Crippen molar-refractivity contribution in [2.45, 2.75) is 19.8 Å². The summed E-state index contributed by atoms with van der Waals surface area (Å²) in [5.74, 6) is 1.46. The van der Waals surface area contributed by atoms with Gasteiger partial charge < -0.3 is 23.4 Å². The van der Waals surface area contributed by atoms with Crippen molar-refractivity contribution in [3.8, 4) is 28.7 Å². The predicted molar refractivity (Wildman–Crippen MR) is 128 cm³/mol. The summed E-state index contributed by atoms with van der Waals surface area (Å²) in [6, 6.07) is 16.8. The number of carbonyl (C=O) groups is 1. The van der Waals surface area contributed by atoms with Crippen LogP contribution in [0.3, 0.4) is 0 Å². The first kappa shape index (κ1) is 22.9. The zero-order valence-electron chi connectivity index (χ0n) is 19.3. The van der Waals surface area contributed by atoms with Gasteiger partial charge in [-0.3, -0.25) is 4.79 Å². The van der Waals surface area contributed by atoms with Crippen LogP contribution < -0.4 is 24.4 Å². The molecule has 0 unspecified atom stereocenters. The van der Waals surface area contributed by atoms with E-state index in [1.54, 1.807) is 18.2 Å². The Morgan fingerprint density at radius 1 is 0.853 bits per heavy atom. The average Bonchev–Trinajstić information content (AvgIpc) is 2.85. The third-order valence-electron chi connectivity index (χ3n) is 5.31. The summed E-state index contributed by atoms with van der Waals surface area (Å²) < 4.78 is 27.4. The molecule has 34 heavy (non-hydrogen) atoms. The Bertz CT molecular complexity index is 1400. The highest BCUT2D eigenvalue weighted by Gasteiger charge is 2.16. The molecule has 0 saturated carbocycles. The molecular formula is C27H24O7. The maximum Gasteiger partial charge on any atom is 0.343 e. The minimum absolute atomic E-state index is 0.0793. The first-order chi connectivity index (χ1) is 16.4. The van der Waals surface area contributed by atoms with Gasteiger partial charge in [-0.1, -0.05) is 32.0 Å². The summed E-state index contributed by atoms with van der Waals surface area (Å²) in [7, 11) is 3.00. The van der Waals surface area contributed by atoms with Gasteiger partial charge in [0, 0.05) is 6.07 Å². The van der Waals surface area contributed by atoms with Gasteiger partial charge in [0.15, 0.2) is 11.5 Å². The third kappa shape index (κ3) is 4.59. The van der Waals surface area contributed by atoms with E-state index in [0.29, 0.717) is 22.6 Å². The molecule has 0 aliphatic heterocycles. The van der Waals surface area contributed by atoms with Crippen molar-refractivity contribution in [3.05, 3.63) is 88.3 Å². The van der Waals surface area contributed by atoms with Crippen molar-refractivity contribution in [1.29, 1.82) is 0 Å². The molecule has 174 valence electrons. The van der Waals surface area contributed by atoms with Crippen molar-refractivity contribution >= 4 is 16.9 Å². The van der Waals surface area contributed by atoms with E-state index in [0.717, 1.165) is 5.56 Å². The fourth-order valence-corrected chi connectivity index (χ4v) is 3.52. The molecular weight excluding hydrogens is 436 g/mol. The fraction of sp³-hybridized carbons (Fsp3) is 0.185. The molecule has 0 spiro atoms. The van der Waals surface area contributed by atoms with Crippen molar-refractivity contribution in [2.24, 2.45) is 0 Å². The Morgan fingerprint density at radius 2 is 1.62 bits per heavy atom. The predicted octanol–water partition coefficient (Wildman–Crippen LogP) is 5.95. The number of benzene rings is 3. The van der Waals surface area contributed by atoms with Crippen LogP contribution in [-0.2, 0) is 0 Å². The van der Waals surface area contributed by atoms with Crippen molar-refractivity contribution in [2.75, 3.05) is 14.2 Å². The molecule has 1 aromatic heterocycles. The molecule has 0 atom stereocenters. The molecule has 0 bridgehead atoms. The lowest BCUT2D eigenvalue weighted by Crippen LogP contribution is -2.10. The molecule has 0 saturated heterocycles. The Balaban J connectivity index is 1.59. The number of carbonyl (C=O) groups excluding carboxylic acids is 1. The molecule has 3 aromatic carbocycles. The molecule has 4 rings (SSSR count). The van der Waals surface area contributed by atoms with E-state index in [1.165, 1.54) is 38.7 Å². The van der Waals surface area contributed by atoms with Crippen LogP contribution in [0.1, 0.15) is 35.7 Å². The highest BCUT2D eigenvalue weighted by molar-refractivity contribution is 5.92. The first-order valence-corrected chi connectivity index (χ1v) is 10.7. The van der Waals surface area contributed by atoms with Gasteiger partial charge in [0.2, 0.25) is 11.2 Å². The van der Waals surface area contributed by atoms with Crippen LogP contribution in [0, 0.1) is 0 Å². The van der Waals surface area contributed by atoms with Crippen LogP contribution in [0.5, 0.6) is 28.7 Å². The quantitative estimate of drug-likeness (QED) is 0.249. The standard InChI is InChI=1S/C27H24O7/c1-16(2)19-7-5-6-8-21(19)34-25-15-32-23-14-18(10-11-20(23)26(25)28)33-27(29)17-9-12-22(30-3)24(13-17)31-4/h5-16H,1-4H3. The lowest BCUT2D eigenvalue weighted by Gasteiger charge is -2.13. The summed E-state index contributed by atoms with van der Waals surface area (Å²) in [4.78, 5) is 25.6. The van der Waals surface area contributed by atoms with E-state index in [4.69, 9.17) is 23.4 Å². The number of rotatable bonds is 7. The van der Waals surface area contributed by atoms with Crippen LogP contribution in [0.2, 0.25) is 0 Å². The molecule has 1 heterocycles. The number of hydrogen-bond donors (Lipinski definition) is 0. The monoisotopic (exact) mass is 460 g/mol. The first-order valence-electron chi connectivity index (χ1n) is 10.7. The average molecular weight is 460 g/mol. The minimum Gasteiger partial charge on any atom is -0.493 e. The van der Waals surface area contributed by atoms with Gasteiger partial charge in [-0.05, 0) is 47.9 Å². The summed E-state index contributed by atoms with van der Waals surface area (Å²) in [5.41, 5.74) is 1.22. The molecule has 7 heteroatoms. The minimum atomic E-state index is -0.590. The Morgan fingerprint density at radius 3 is 2.35 bits per heavy atom. The van der Waals surface area contributed by atoms with Crippen molar-refractivity contribution < 1.29 is 28.2 Å². The molecule has 7 nitrogen and oxygen atoms in total. The Kier molecular flexibility index (Phi) is 6.54. The van der Waals surface area contributed by atoms with E-state index < -0.39 is 5.97 Å². The Labute approximate surface area is 196 Å². The van der Waals surface area contributed by atoms with Gasteiger partial charge in [0.25, 0.3) is 0 Å². The van der Waals surface area contributed by atoms with E-state index in [1.807, 2.05) is 24.3 Å². The second-order valence-corrected chi connectivity index (χ2v) is 7.84. The SMILES string of the molecule is COc1ccc(C(=O)Oc2ccc3c(=O)c(Oc4ccccc4C(C)C)coc3c2)cc1OC. The molecule has 0 amide bonds. The molecule has 4 aromatic rings. The number of esters is 1. The van der Waals surface area contributed by atoms with Crippen molar-refractivity contribution in [3.63, 3.8) is 0 Å². The highest BCUT2D eigenvalue weighted by atomic mass is 16.5. The maximum absolute atomic E-state index is 13.0. The second-order valence-electron chi connectivity index (χ2n) is 7.84. The number of fused-ring (bicyclic) bond motifs is 1. The van der Waals surface area contributed by atoms with E-state index >= 15 is 0 Å². The number of para-hydroxylation sites is 1. The fourth-order valence-electron chi connectivity index (χ4n) is 3.52. The van der Waals surface area contributed by atoms with Gasteiger partial charge in [-0.15, -0.1) is 0 Å². The number of methoxy groups -OCH3 is 2. The lowest BCUT2D eigenvalue weighted by molar-refractivity contribution is 0.0734. The molecule has 0 radical (unpaired) electrons. The summed E-state index contributed by atoms with van der Waals surface area (Å²) in [6.45, 7) is 4.10. The zero-order valence-corrected chi connectivity index (χ0v) is 19.3. The molecule has 0 aliphatic carbocycles. The largest absolute Gasteiger partial charge is 0.493 e. The third-order valence-corrected chi connectivity index (χ3v) is 5.31. The van der Waals surface area contributed by atoms with Crippen LogP contribution in [0.4, 0.5) is 0 Å². The maximum atomic E-state index is 13.0. The van der Waals surface area contributed by atoms with Crippen LogP contribution in [-0.4, -0.2) is 20.2 Å². The summed E-state index contributed by atoms with van der Waals surface area (Å²) in [5, 5.41) is 0.311. The number of hydrogen-bond acceptors (Lipinski definition) is 7. The Hall–Kier alpha value is -4.26. The molecule has 0 N–H and O–H groups in total. The van der Waals surface area contributed by atoms with E-state index in [2.05, 4.69) is 13.8 Å². The summed E-state index contributed by atoms with van der Waals surface area (Å²) >= 11 is 0. The van der Waals surface area contributed by atoms with Crippen LogP contribution in [0.15, 0.2) is 76.1 Å². The van der Waals surface area contributed by atoms with Gasteiger partial charge in [-0.25, -0.2) is 4.79 Å². The molecule has 0 fully saturated rings. The number of ether oxygens (including phenoxy) is 4. The topological polar surface area (TPSA) is 84.2 Å². The summed E-state index contributed by atoms with van der Waals surface area (Å²) in [6.07, 6.45) is 1.27. The van der Waals surface area contributed by atoms with Gasteiger partial charge in [0.05, 0.1) is 25.2 Å². The van der Waals surface area contributed by atoms with Crippen LogP contribution >= 0.6 is 0 Å². The van der Waals surface area contributed by atoms with E-state index in [9.17, 15) is 9.59 Å². The van der Waals surface area contributed by atoms with E-state index in [-0.39, 0.29) is 34.0 Å². The van der Waals surface area contributed by atoms with Gasteiger partial charge in [-0.2, -0.15) is 0 Å². The lowest BCUT2D eigenvalue weighted by atomic mass is 10.0. The molecule has 0 aliphatic rings. The normalized spacial score (nSPS) is 10.9. The second kappa shape index (κ2) is 9.70. The zero-order chi connectivity index (χ0) is 24.2. The highest BCUT2D eigenvalue weighted by Crippen LogP contribution is 2.31. The van der Waals surface area contributed by atoms with Crippen molar-refractivity contribution in [1.82, 2.24) is 0 Å². The van der Waals surface area contributed by atoms with Crippen LogP contribution in [0.25, 0.3) is 11.0 Å². The van der Waals surface area contributed by atoms with Gasteiger partial charge in [0.1, 0.15) is 23.3 Å². The van der Waals surface area contributed by atoms with Gasteiger partial charge >= 0.3 is 5.97 Å². The smallest absolute Gasteiger partial charge is 0.343 e.